The Kier molecular flexibility index (Phi) is 5.09. The summed E-state index contributed by atoms with van der Waals surface area (Å²) in [7, 11) is -3.09. The zero-order valence-electron chi connectivity index (χ0n) is 14.0. The van der Waals surface area contributed by atoms with Crippen molar-refractivity contribution in [3.63, 3.8) is 0 Å². The number of halogens is 3. The highest BCUT2D eigenvalue weighted by molar-refractivity contribution is 7.91. The predicted octanol–water partition coefficient (Wildman–Crippen LogP) is 2.76. The number of nitrogens with one attached hydrogen (secondary N) is 2. The summed E-state index contributed by atoms with van der Waals surface area (Å²) in [6, 6.07) is 7.11. The second kappa shape index (κ2) is 7.18. The molecular weight excluding hydrogens is 383 g/mol. The number of carbonyl (C=O) groups excluding carboxylic acids is 1. The Hall–Kier alpha value is -2.62. The van der Waals surface area contributed by atoms with Gasteiger partial charge in [-0.25, -0.2) is 13.4 Å². The zero-order valence-corrected chi connectivity index (χ0v) is 14.8. The molecule has 3 rings (SSSR count). The van der Waals surface area contributed by atoms with Gasteiger partial charge in [-0.2, -0.15) is 13.2 Å². The van der Waals surface area contributed by atoms with Gasteiger partial charge in [-0.3, -0.25) is 4.79 Å². The van der Waals surface area contributed by atoms with Crippen LogP contribution in [0.3, 0.4) is 0 Å². The molecule has 0 spiro atoms. The molecule has 1 amide bonds. The summed E-state index contributed by atoms with van der Waals surface area (Å²) in [4.78, 5) is 16.1. The van der Waals surface area contributed by atoms with E-state index in [1.165, 1.54) is 24.4 Å². The Labute approximate surface area is 153 Å². The Morgan fingerprint density at radius 3 is 2.26 bits per heavy atom. The van der Waals surface area contributed by atoms with Crippen molar-refractivity contribution < 1.29 is 26.4 Å². The Morgan fingerprint density at radius 2 is 1.74 bits per heavy atom. The number of rotatable bonds is 4. The summed E-state index contributed by atoms with van der Waals surface area (Å²) in [6.45, 7) is 0. The summed E-state index contributed by atoms with van der Waals surface area (Å²) in [5, 5.41) is 5.52. The summed E-state index contributed by atoms with van der Waals surface area (Å²) >= 11 is 0. The van der Waals surface area contributed by atoms with Crippen LogP contribution in [0.2, 0.25) is 0 Å². The molecule has 2 aromatic rings. The van der Waals surface area contributed by atoms with Crippen LogP contribution in [0, 0.1) is 0 Å². The number of pyridine rings is 1. The smallest absolute Gasteiger partial charge is 0.354 e. The maximum absolute atomic E-state index is 12.6. The number of nitrogens with zero attached hydrogens (tertiary/aromatic N) is 1. The number of anilines is 2. The van der Waals surface area contributed by atoms with Crippen LogP contribution in [-0.2, 0) is 16.0 Å². The lowest BCUT2D eigenvalue weighted by Crippen LogP contribution is -2.36. The molecule has 0 saturated carbocycles. The lowest BCUT2D eigenvalue weighted by atomic mass is 10.2. The topological polar surface area (TPSA) is 88.2 Å². The molecule has 6 nitrogen and oxygen atoms in total. The van der Waals surface area contributed by atoms with Crippen LogP contribution in [0.15, 0.2) is 42.6 Å². The molecule has 1 aromatic carbocycles. The first-order valence-corrected chi connectivity index (χ1v) is 9.86. The number of aromatic nitrogens is 1. The lowest BCUT2D eigenvalue weighted by molar-refractivity contribution is -0.137. The van der Waals surface area contributed by atoms with Gasteiger partial charge in [0, 0.05) is 11.7 Å². The van der Waals surface area contributed by atoms with E-state index in [9.17, 15) is 26.4 Å². The average molecular weight is 399 g/mol. The number of alkyl halides is 3. The fraction of sp³-hybridized carbons (Fsp3) is 0.294. The minimum absolute atomic E-state index is 0.0569. The van der Waals surface area contributed by atoms with Gasteiger partial charge in [0.25, 0.3) is 5.91 Å². The summed E-state index contributed by atoms with van der Waals surface area (Å²) in [5.41, 5.74) is 0.317. The van der Waals surface area contributed by atoms with Gasteiger partial charge < -0.3 is 10.6 Å². The molecule has 2 heterocycles. The van der Waals surface area contributed by atoms with Crippen LogP contribution in [0.25, 0.3) is 0 Å². The molecule has 1 aliphatic heterocycles. The van der Waals surface area contributed by atoms with Crippen LogP contribution in [0.1, 0.15) is 22.5 Å². The molecule has 1 unspecified atom stereocenters. The number of carbonyl (C=O) groups is 1. The summed E-state index contributed by atoms with van der Waals surface area (Å²) in [5.74, 6) is -0.494. The highest BCUT2D eigenvalue weighted by Crippen LogP contribution is 2.30. The van der Waals surface area contributed by atoms with Crippen molar-refractivity contribution >= 4 is 27.1 Å². The predicted molar refractivity (Wildman–Crippen MR) is 93.5 cm³/mol. The summed E-state index contributed by atoms with van der Waals surface area (Å²) in [6.07, 6.45) is -2.65. The van der Waals surface area contributed by atoms with Crippen LogP contribution in [0.5, 0.6) is 0 Å². The third-order valence-electron chi connectivity index (χ3n) is 4.06. The maximum atomic E-state index is 12.6. The zero-order chi connectivity index (χ0) is 19.7. The molecule has 1 aliphatic rings. The van der Waals surface area contributed by atoms with Crippen molar-refractivity contribution in [1.29, 1.82) is 0 Å². The first-order valence-electron chi connectivity index (χ1n) is 8.04. The van der Waals surface area contributed by atoms with E-state index in [4.69, 9.17) is 0 Å². The molecule has 2 N–H and O–H groups in total. The van der Waals surface area contributed by atoms with Gasteiger partial charge in [0.15, 0.2) is 9.84 Å². The number of sulfone groups is 1. The highest BCUT2D eigenvalue weighted by atomic mass is 32.2. The molecule has 0 radical (unpaired) electrons. The molecule has 1 saturated heterocycles. The number of amides is 1. The van der Waals surface area contributed by atoms with E-state index in [0.717, 1.165) is 12.1 Å². The Bertz CT molecular complexity index is 927. The van der Waals surface area contributed by atoms with Crippen LogP contribution >= 0.6 is 0 Å². The van der Waals surface area contributed by atoms with E-state index in [-0.39, 0.29) is 17.2 Å². The van der Waals surface area contributed by atoms with Gasteiger partial charge in [-0.1, -0.05) is 0 Å². The monoisotopic (exact) mass is 399 g/mol. The number of hydrogen-bond donors (Lipinski definition) is 2. The highest BCUT2D eigenvalue weighted by Gasteiger charge is 2.30. The standard InChI is InChI=1S/C17H16F3N3O3S/c18-17(19,20)11-1-3-12(4-2-11)22-13-5-6-15(21-9-13)16(24)23-14-7-8-27(25,26)10-14/h1-6,9,14,22H,7-8,10H2,(H,23,24). The molecule has 10 heteroatoms. The van der Waals surface area contributed by atoms with Crippen molar-refractivity contribution in [2.75, 3.05) is 16.8 Å². The van der Waals surface area contributed by atoms with Gasteiger partial charge in [-0.15, -0.1) is 0 Å². The van der Waals surface area contributed by atoms with Crippen LogP contribution < -0.4 is 10.6 Å². The Balaban J connectivity index is 1.61. The molecule has 1 fully saturated rings. The SMILES string of the molecule is O=C(NC1CCS(=O)(=O)C1)c1ccc(Nc2ccc(C(F)(F)F)cc2)cn1. The van der Waals surface area contributed by atoms with Crippen molar-refractivity contribution in [2.24, 2.45) is 0 Å². The van der Waals surface area contributed by atoms with E-state index < -0.39 is 33.5 Å². The van der Waals surface area contributed by atoms with Crippen molar-refractivity contribution in [3.05, 3.63) is 53.9 Å². The van der Waals surface area contributed by atoms with Crippen LogP contribution in [-0.4, -0.2) is 36.9 Å². The van der Waals surface area contributed by atoms with Gasteiger partial charge >= 0.3 is 6.18 Å². The van der Waals surface area contributed by atoms with Gasteiger partial charge in [-0.05, 0) is 42.8 Å². The van der Waals surface area contributed by atoms with E-state index in [0.29, 0.717) is 17.8 Å². The van der Waals surface area contributed by atoms with E-state index >= 15 is 0 Å². The van der Waals surface area contributed by atoms with Gasteiger partial charge in [0.05, 0.1) is 29.0 Å². The van der Waals surface area contributed by atoms with Crippen molar-refractivity contribution in [2.45, 2.75) is 18.6 Å². The first kappa shape index (κ1) is 19.2. The van der Waals surface area contributed by atoms with Gasteiger partial charge in [0.2, 0.25) is 0 Å². The Morgan fingerprint density at radius 1 is 1.07 bits per heavy atom. The largest absolute Gasteiger partial charge is 0.416 e. The molecule has 1 aromatic heterocycles. The average Bonchev–Trinajstić information content (AvgIpc) is 2.93. The van der Waals surface area contributed by atoms with E-state index in [1.54, 1.807) is 6.07 Å². The third kappa shape index (κ3) is 4.97. The minimum atomic E-state index is -4.40. The first-order chi connectivity index (χ1) is 12.6. The van der Waals surface area contributed by atoms with Crippen molar-refractivity contribution in [3.8, 4) is 0 Å². The second-order valence-electron chi connectivity index (χ2n) is 6.21. The normalized spacial score (nSPS) is 18.9. The fourth-order valence-corrected chi connectivity index (χ4v) is 4.35. The second-order valence-corrected chi connectivity index (χ2v) is 8.43. The van der Waals surface area contributed by atoms with Crippen LogP contribution in [0.4, 0.5) is 24.5 Å². The van der Waals surface area contributed by atoms with E-state index in [2.05, 4.69) is 15.6 Å². The number of benzene rings is 1. The third-order valence-corrected chi connectivity index (χ3v) is 5.83. The van der Waals surface area contributed by atoms with Crippen molar-refractivity contribution in [1.82, 2.24) is 10.3 Å². The summed E-state index contributed by atoms with van der Waals surface area (Å²) < 4.78 is 60.5. The molecule has 27 heavy (non-hydrogen) atoms. The lowest BCUT2D eigenvalue weighted by Gasteiger charge is -2.11. The molecular formula is C17H16F3N3O3S. The molecule has 144 valence electrons. The maximum Gasteiger partial charge on any atom is 0.416 e. The number of hydrogen-bond acceptors (Lipinski definition) is 5. The molecule has 0 bridgehead atoms. The molecule has 1 atom stereocenters. The molecule has 0 aliphatic carbocycles. The fourth-order valence-electron chi connectivity index (χ4n) is 2.68. The minimum Gasteiger partial charge on any atom is -0.354 e. The quantitative estimate of drug-likeness (QED) is 0.826. The van der Waals surface area contributed by atoms with Gasteiger partial charge in [0.1, 0.15) is 5.69 Å². The van der Waals surface area contributed by atoms with E-state index in [1.807, 2.05) is 0 Å².